The number of pyridine rings is 1. The highest BCUT2D eigenvalue weighted by Crippen LogP contribution is 2.48. The number of hydrogen-bond donors (Lipinski definition) is 1. The van der Waals surface area contributed by atoms with Gasteiger partial charge in [0.2, 0.25) is 11.8 Å². The molecule has 2 heterocycles. The fourth-order valence-electron chi connectivity index (χ4n) is 4.89. The highest BCUT2D eigenvalue weighted by molar-refractivity contribution is 7.92. The largest absolute Gasteiger partial charge is 0.417 e. The number of nitriles is 1. The third-order valence-corrected chi connectivity index (χ3v) is 10.2. The molecule has 2 atom stereocenters. The van der Waals surface area contributed by atoms with Crippen molar-refractivity contribution in [3.05, 3.63) is 47.2 Å². The van der Waals surface area contributed by atoms with Gasteiger partial charge < -0.3 is 10.2 Å². The van der Waals surface area contributed by atoms with E-state index in [9.17, 15) is 36.4 Å². The van der Waals surface area contributed by atoms with E-state index in [0.717, 1.165) is 12.1 Å². The molecule has 206 valence electrons. The van der Waals surface area contributed by atoms with Gasteiger partial charge in [-0.1, -0.05) is 24.6 Å². The Bertz CT molecular complexity index is 1510. The smallest absolute Gasteiger partial charge is 0.336 e. The molecular formula is C26H24ClF3N4O4S. The van der Waals surface area contributed by atoms with Crippen molar-refractivity contribution in [3.8, 4) is 17.2 Å². The Morgan fingerprint density at radius 1 is 1.15 bits per heavy atom. The lowest BCUT2D eigenvalue weighted by Crippen LogP contribution is -2.50. The summed E-state index contributed by atoms with van der Waals surface area (Å²) in [5.74, 6) is -1.09. The van der Waals surface area contributed by atoms with Gasteiger partial charge in [0.25, 0.3) is 0 Å². The van der Waals surface area contributed by atoms with E-state index in [-0.39, 0.29) is 17.1 Å². The Balaban J connectivity index is 1.51. The summed E-state index contributed by atoms with van der Waals surface area (Å²) in [4.78, 5) is 30.4. The number of amides is 2. The second-order valence-electron chi connectivity index (χ2n) is 10.7. The van der Waals surface area contributed by atoms with Gasteiger partial charge in [-0.05, 0) is 67.5 Å². The molecule has 0 bridgehead atoms. The van der Waals surface area contributed by atoms with E-state index in [0.29, 0.717) is 31.2 Å². The number of carbonyl (C=O) groups excluding carboxylic acids is 2. The quantitative estimate of drug-likeness (QED) is 0.513. The molecule has 3 fully saturated rings. The van der Waals surface area contributed by atoms with Crippen molar-refractivity contribution in [3.63, 3.8) is 0 Å². The number of alkyl halides is 3. The van der Waals surface area contributed by atoms with Gasteiger partial charge in [-0.3, -0.25) is 9.59 Å². The SMILES string of the molecule is CC1(C(=O)N2C[C@H](S(=O)(=O)c3ccc(-c4ccnc(Cl)c4)cc3C(F)(F)F)C[C@H]2C(=O)NC2(C#N)CC2)CC1. The summed E-state index contributed by atoms with van der Waals surface area (Å²) in [5, 5.41) is 10.6. The van der Waals surface area contributed by atoms with E-state index in [1.807, 2.05) is 6.07 Å². The van der Waals surface area contributed by atoms with E-state index >= 15 is 0 Å². The summed E-state index contributed by atoms with van der Waals surface area (Å²) >= 11 is 5.87. The molecule has 1 aliphatic heterocycles. The summed E-state index contributed by atoms with van der Waals surface area (Å²) in [6, 6.07) is 6.52. The molecule has 2 aromatic rings. The summed E-state index contributed by atoms with van der Waals surface area (Å²) in [7, 11) is -4.65. The van der Waals surface area contributed by atoms with Crippen LogP contribution in [0.1, 0.15) is 44.6 Å². The third-order valence-electron chi connectivity index (χ3n) is 7.76. The molecule has 39 heavy (non-hydrogen) atoms. The maximum absolute atomic E-state index is 14.2. The van der Waals surface area contributed by atoms with Crippen LogP contribution in [0.25, 0.3) is 11.1 Å². The number of halogens is 4. The number of sulfone groups is 1. The zero-order valence-corrected chi connectivity index (χ0v) is 22.3. The highest BCUT2D eigenvalue weighted by atomic mass is 35.5. The van der Waals surface area contributed by atoms with Crippen LogP contribution in [-0.2, 0) is 25.6 Å². The Labute approximate surface area is 228 Å². The summed E-state index contributed by atoms with van der Waals surface area (Å²) in [6.45, 7) is 1.28. The average molecular weight is 581 g/mol. The van der Waals surface area contributed by atoms with E-state index in [4.69, 9.17) is 11.6 Å². The van der Waals surface area contributed by atoms with Gasteiger partial charge in [-0.15, -0.1) is 0 Å². The second-order valence-corrected chi connectivity index (χ2v) is 13.3. The van der Waals surface area contributed by atoms with E-state index in [1.165, 1.54) is 29.3 Å². The fraction of sp³-hybridized carbons (Fsp3) is 0.462. The molecule has 2 saturated carbocycles. The predicted molar refractivity (Wildman–Crippen MR) is 134 cm³/mol. The van der Waals surface area contributed by atoms with Crippen molar-refractivity contribution in [2.45, 2.75) is 66.9 Å². The monoisotopic (exact) mass is 580 g/mol. The van der Waals surface area contributed by atoms with Gasteiger partial charge in [0.1, 0.15) is 16.7 Å². The number of nitrogens with zero attached hydrogens (tertiary/aromatic N) is 3. The number of hydrogen-bond acceptors (Lipinski definition) is 6. The molecule has 2 amide bonds. The van der Waals surface area contributed by atoms with Crippen molar-refractivity contribution in [1.82, 2.24) is 15.2 Å². The van der Waals surface area contributed by atoms with Gasteiger partial charge in [0.15, 0.2) is 9.84 Å². The molecule has 0 unspecified atom stereocenters. The minimum atomic E-state index is -5.01. The first-order valence-corrected chi connectivity index (χ1v) is 14.2. The molecule has 0 radical (unpaired) electrons. The van der Waals surface area contributed by atoms with Crippen LogP contribution in [0.4, 0.5) is 13.2 Å². The number of rotatable bonds is 6. The molecule has 5 rings (SSSR count). The standard InChI is InChI=1S/C26H24ClF3N4O4S/c1-24(5-6-24)23(36)34-13-17(12-19(34)22(35)33-25(14-31)7-8-25)39(37,38)20-3-2-15(10-18(20)26(28,29)30)16-4-9-32-21(27)11-16/h2-4,9-11,17,19H,5-8,12-13H2,1H3,(H,33,35)/t17-,19+/m1/s1. The van der Waals surface area contributed by atoms with Gasteiger partial charge >= 0.3 is 6.18 Å². The first kappa shape index (κ1) is 27.4. The Morgan fingerprint density at radius 3 is 2.38 bits per heavy atom. The maximum atomic E-state index is 14.2. The first-order valence-electron chi connectivity index (χ1n) is 12.3. The van der Waals surface area contributed by atoms with Crippen LogP contribution in [0, 0.1) is 16.7 Å². The molecule has 8 nitrogen and oxygen atoms in total. The first-order chi connectivity index (χ1) is 18.2. The summed E-state index contributed by atoms with van der Waals surface area (Å²) in [6.07, 6.45) is -2.07. The zero-order valence-electron chi connectivity index (χ0n) is 20.8. The maximum Gasteiger partial charge on any atom is 0.417 e. The van der Waals surface area contributed by atoms with Crippen LogP contribution in [0.15, 0.2) is 41.4 Å². The summed E-state index contributed by atoms with van der Waals surface area (Å²) in [5.41, 5.74) is -2.73. The van der Waals surface area contributed by atoms with E-state index < -0.39 is 67.1 Å². The van der Waals surface area contributed by atoms with Crippen LogP contribution in [0.3, 0.4) is 0 Å². The molecule has 1 aromatic carbocycles. The van der Waals surface area contributed by atoms with Crippen molar-refractivity contribution in [1.29, 1.82) is 5.26 Å². The van der Waals surface area contributed by atoms with Gasteiger partial charge in [0, 0.05) is 18.2 Å². The van der Waals surface area contributed by atoms with Gasteiger partial charge in [-0.25, -0.2) is 13.4 Å². The van der Waals surface area contributed by atoms with Crippen LogP contribution in [-0.4, -0.2) is 53.5 Å². The lowest BCUT2D eigenvalue weighted by Gasteiger charge is -2.27. The number of aromatic nitrogens is 1. The van der Waals surface area contributed by atoms with E-state index in [2.05, 4.69) is 10.3 Å². The average Bonchev–Trinajstić information content (AvgIpc) is 3.78. The molecule has 0 spiro atoms. The van der Waals surface area contributed by atoms with Crippen molar-refractivity contribution < 1.29 is 31.2 Å². The van der Waals surface area contributed by atoms with Crippen molar-refractivity contribution >= 4 is 33.3 Å². The molecule has 3 aliphatic rings. The minimum absolute atomic E-state index is 0.0616. The topological polar surface area (TPSA) is 120 Å². The third kappa shape index (κ3) is 5.10. The number of benzene rings is 1. The van der Waals surface area contributed by atoms with Crippen LogP contribution < -0.4 is 5.32 Å². The predicted octanol–water partition coefficient (Wildman–Crippen LogP) is 4.14. The van der Waals surface area contributed by atoms with Crippen LogP contribution >= 0.6 is 11.6 Å². The zero-order chi connectivity index (χ0) is 28.4. The lowest BCUT2D eigenvalue weighted by molar-refractivity contribution is -0.142. The highest BCUT2D eigenvalue weighted by Gasteiger charge is 2.55. The minimum Gasteiger partial charge on any atom is -0.336 e. The Hall–Kier alpha value is -3.17. The molecule has 1 saturated heterocycles. The van der Waals surface area contributed by atoms with Crippen LogP contribution in [0.2, 0.25) is 5.15 Å². The Morgan fingerprint density at radius 2 is 1.82 bits per heavy atom. The summed E-state index contributed by atoms with van der Waals surface area (Å²) < 4.78 is 70.0. The number of likely N-dealkylation sites (tertiary alicyclic amines) is 1. The van der Waals surface area contributed by atoms with Crippen molar-refractivity contribution in [2.75, 3.05) is 6.54 Å². The molecule has 1 aromatic heterocycles. The van der Waals surface area contributed by atoms with Crippen LogP contribution in [0.5, 0.6) is 0 Å². The van der Waals surface area contributed by atoms with Gasteiger partial charge in [0.05, 0.1) is 21.8 Å². The normalized spacial score (nSPS) is 23.1. The second kappa shape index (κ2) is 9.20. The lowest BCUT2D eigenvalue weighted by atomic mass is 10.0. The molecule has 13 heteroatoms. The van der Waals surface area contributed by atoms with Gasteiger partial charge in [-0.2, -0.15) is 18.4 Å². The Kier molecular flexibility index (Phi) is 6.46. The number of carbonyl (C=O) groups is 2. The molecular weight excluding hydrogens is 557 g/mol. The van der Waals surface area contributed by atoms with Crippen molar-refractivity contribution in [2.24, 2.45) is 5.41 Å². The van der Waals surface area contributed by atoms with E-state index in [1.54, 1.807) is 6.92 Å². The molecule has 1 N–H and O–H groups in total. The fourth-order valence-corrected chi connectivity index (χ4v) is 6.96. The molecule has 2 aliphatic carbocycles. The number of nitrogens with one attached hydrogen (secondary N) is 1.